The van der Waals surface area contributed by atoms with Crippen molar-refractivity contribution in [1.82, 2.24) is 14.9 Å². The Labute approximate surface area is 147 Å². The molecular weight excluding hydrogens is 318 g/mol. The molecule has 0 bridgehead atoms. The molecule has 1 aromatic carbocycles. The first-order chi connectivity index (χ1) is 12.1. The highest BCUT2D eigenvalue weighted by atomic mass is 16.5. The Hall–Kier alpha value is -2.21. The van der Waals surface area contributed by atoms with Crippen molar-refractivity contribution in [3.8, 4) is 0 Å². The number of amides is 1. The number of aromatic nitrogens is 2. The van der Waals surface area contributed by atoms with E-state index in [1.807, 2.05) is 18.2 Å². The van der Waals surface area contributed by atoms with Gasteiger partial charge in [0.25, 0.3) is 5.56 Å². The Morgan fingerprint density at radius 3 is 2.96 bits per heavy atom. The Morgan fingerprint density at radius 2 is 2.12 bits per heavy atom. The minimum Gasteiger partial charge on any atom is -0.376 e. The molecule has 1 aromatic heterocycles. The molecule has 6 heteroatoms. The van der Waals surface area contributed by atoms with E-state index in [-0.39, 0.29) is 18.0 Å². The molecule has 2 atom stereocenters. The Kier molecular flexibility index (Phi) is 5.81. The van der Waals surface area contributed by atoms with Gasteiger partial charge in [0.1, 0.15) is 6.54 Å². The summed E-state index contributed by atoms with van der Waals surface area (Å²) in [5.41, 5.74) is 1.09. The van der Waals surface area contributed by atoms with Crippen molar-refractivity contribution in [3.05, 3.63) is 40.8 Å². The second-order valence-corrected chi connectivity index (χ2v) is 6.69. The van der Waals surface area contributed by atoms with Gasteiger partial charge in [0.2, 0.25) is 5.91 Å². The monoisotopic (exact) mass is 343 g/mol. The van der Waals surface area contributed by atoms with E-state index in [1.165, 1.54) is 30.0 Å². The molecule has 1 aliphatic rings. The number of carbonyl (C=O) groups excluding carboxylic acids is 1. The van der Waals surface area contributed by atoms with Gasteiger partial charge in [-0.15, -0.1) is 0 Å². The van der Waals surface area contributed by atoms with Crippen LogP contribution in [0.1, 0.15) is 32.6 Å². The van der Waals surface area contributed by atoms with Crippen LogP contribution >= 0.6 is 0 Å². The van der Waals surface area contributed by atoms with Crippen molar-refractivity contribution in [1.29, 1.82) is 0 Å². The number of carbonyl (C=O) groups is 1. The molecule has 3 rings (SSSR count). The van der Waals surface area contributed by atoms with Crippen molar-refractivity contribution < 1.29 is 9.53 Å². The lowest BCUT2D eigenvalue weighted by Crippen LogP contribution is -2.35. The van der Waals surface area contributed by atoms with Gasteiger partial charge < -0.3 is 10.1 Å². The summed E-state index contributed by atoms with van der Waals surface area (Å²) in [4.78, 5) is 28.3. The number of ether oxygens (including phenoxy) is 1. The minimum absolute atomic E-state index is 0.0122. The molecule has 0 saturated heterocycles. The molecule has 2 aromatic rings. The van der Waals surface area contributed by atoms with Crippen LogP contribution in [-0.4, -0.2) is 34.7 Å². The van der Waals surface area contributed by atoms with Gasteiger partial charge in [-0.1, -0.05) is 31.9 Å². The first kappa shape index (κ1) is 17.6. The molecule has 1 amide bonds. The minimum atomic E-state index is -0.277. The van der Waals surface area contributed by atoms with E-state index in [9.17, 15) is 9.59 Å². The molecule has 0 spiro atoms. The molecular formula is C19H25N3O3. The number of hydrogen-bond donors (Lipinski definition) is 1. The number of benzene rings is 1. The van der Waals surface area contributed by atoms with Crippen molar-refractivity contribution in [3.63, 3.8) is 0 Å². The van der Waals surface area contributed by atoms with E-state index >= 15 is 0 Å². The van der Waals surface area contributed by atoms with Gasteiger partial charge in [0.05, 0.1) is 29.9 Å². The first-order valence-electron chi connectivity index (χ1n) is 8.98. The van der Waals surface area contributed by atoms with Gasteiger partial charge >= 0.3 is 0 Å². The van der Waals surface area contributed by atoms with Gasteiger partial charge in [0.15, 0.2) is 0 Å². The van der Waals surface area contributed by atoms with Crippen LogP contribution in [0.3, 0.4) is 0 Å². The van der Waals surface area contributed by atoms with Crippen molar-refractivity contribution in [2.75, 3.05) is 13.2 Å². The average molecular weight is 343 g/mol. The summed E-state index contributed by atoms with van der Waals surface area (Å²) in [6.07, 6.45) is 6.38. The number of nitrogens with zero attached hydrogens (tertiary/aromatic N) is 2. The van der Waals surface area contributed by atoms with Crippen molar-refractivity contribution in [2.24, 2.45) is 5.92 Å². The smallest absolute Gasteiger partial charge is 0.269 e. The largest absolute Gasteiger partial charge is 0.376 e. The van der Waals surface area contributed by atoms with E-state index in [4.69, 9.17) is 4.74 Å². The maximum absolute atomic E-state index is 12.2. The molecule has 0 unspecified atom stereocenters. The Morgan fingerprint density at radius 1 is 1.32 bits per heavy atom. The molecule has 0 aliphatic heterocycles. The summed E-state index contributed by atoms with van der Waals surface area (Å²) in [5, 5.41) is 2.83. The normalized spacial score (nSPS) is 20.5. The summed E-state index contributed by atoms with van der Waals surface area (Å²) in [6, 6.07) is 7.30. The van der Waals surface area contributed by atoms with Crippen LogP contribution in [0.25, 0.3) is 11.0 Å². The van der Waals surface area contributed by atoms with Gasteiger partial charge in [-0.05, 0) is 30.9 Å². The second-order valence-electron chi connectivity index (χ2n) is 6.69. The Bertz CT molecular complexity index is 787. The van der Waals surface area contributed by atoms with E-state index in [0.717, 1.165) is 6.42 Å². The Balaban J connectivity index is 1.51. The third kappa shape index (κ3) is 4.45. The molecule has 25 heavy (non-hydrogen) atoms. The number of rotatable bonds is 6. The molecule has 1 saturated carbocycles. The maximum atomic E-state index is 12.2. The third-order valence-corrected chi connectivity index (χ3v) is 4.84. The number of hydrogen-bond acceptors (Lipinski definition) is 4. The fourth-order valence-electron chi connectivity index (χ4n) is 3.41. The topological polar surface area (TPSA) is 73.2 Å². The molecule has 134 valence electrons. The zero-order chi connectivity index (χ0) is 17.6. The fourth-order valence-corrected chi connectivity index (χ4v) is 3.41. The standard InChI is InChI=1S/C19H25N3O3/c1-14-6-2-5-9-17(14)25-11-10-20-18(23)13-22-16-8-4-3-7-15(16)21-12-19(22)24/h3-4,7-8,12,14,17H,2,5-6,9-11,13H2,1H3,(H,20,23)/t14-,17+/m0/s1. The highest BCUT2D eigenvalue weighted by Crippen LogP contribution is 2.25. The fraction of sp³-hybridized carbons (Fsp3) is 0.526. The number of fused-ring (bicyclic) bond motifs is 1. The van der Waals surface area contributed by atoms with Crippen LogP contribution in [0.4, 0.5) is 0 Å². The lowest BCUT2D eigenvalue weighted by atomic mass is 9.88. The zero-order valence-corrected chi connectivity index (χ0v) is 14.6. The number of para-hydroxylation sites is 2. The summed E-state index contributed by atoms with van der Waals surface area (Å²) < 4.78 is 7.34. The van der Waals surface area contributed by atoms with Crippen molar-refractivity contribution in [2.45, 2.75) is 45.3 Å². The van der Waals surface area contributed by atoms with Crippen LogP contribution in [0, 0.1) is 5.92 Å². The summed E-state index contributed by atoms with van der Waals surface area (Å²) >= 11 is 0. The van der Waals surface area contributed by atoms with Gasteiger partial charge in [-0.2, -0.15) is 0 Å². The predicted octanol–water partition coefficient (Wildman–Crippen LogP) is 2.11. The van der Waals surface area contributed by atoms with E-state index in [0.29, 0.717) is 36.2 Å². The van der Waals surface area contributed by atoms with Crippen molar-refractivity contribution >= 4 is 16.9 Å². The lowest BCUT2D eigenvalue weighted by molar-refractivity contribution is -0.122. The summed E-state index contributed by atoms with van der Waals surface area (Å²) in [6.45, 7) is 3.18. The number of nitrogens with one attached hydrogen (secondary N) is 1. The maximum Gasteiger partial charge on any atom is 0.269 e. The quantitative estimate of drug-likeness (QED) is 0.815. The van der Waals surface area contributed by atoms with E-state index in [1.54, 1.807) is 6.07 Å². The first-order valence-corrected chi connectivity index (χ1v) is 8.98. The van der Waals surface area contributed by atoms with Gasteiger partial charge in [0, 0.05) is 6.54 Å². The molecule has 0 radical (unpaired) electrons. The third-order valence-electron chi connectivity index (χ3n) is 4.84. The van der Waals surface area contributed by atoms with E-state index in [2.05, 4.69) is 17.2 Å². The van der Waals surface area contributed by atoms with Crippen LogP contribution in [0.15, 0.2) is 35.3 Å². The van der Waals surface area contributed by atoms with E-state index < -0.39 is 0 Å². The van der Waals surface area contributed by atoms with Crippen LogP contribution in [-0.2, 0) is 16.1 Å². The van der Waals surface area contributed by atoms with Crippen LogP contribution in [0.5, 0.6) is 0 Å². The summed E-state index contributed by atoms with van der Waals surface area (Å²) in [7, 11) is 0. The molecule has 1 heterocycles. The van der Waals surface area contributed by atoms with Gasteiger partial charge in [-0.25, -0.2) is 4.98 Å². The predicted molar refractivity (Wildman–Crippen MR) is 96.4 cm³/mol. The van der Waals surface area contributed by atoms with Crippen LogP contribution < -0.4 is 10.9 Å². The van der Waals surface area contributed by atoms with Crippen LogP contribution in [0.2, 0.25) is 0 Å². The molecule has 1 N–H and O–H groups in total. The molecule has 1 aliphatic carbocycles. The highest BCUT2D eigenvalue weighted by Gasteiger charge is 2.21. The van der Waals surface area contributed by atoms with Gasteiger partial charge in [-0.3, -0.25) is 14.2 Å². The SMILES string of the molecule is C[C@H]1CCCC[C@H]1OCCNC(=O)Cn1c(=O)cnc2ccccc21. The average Bonchev–Trinajstić information content (AvgIpc) is 2.62. The molecule has 1 fully saturated rings. The highest BCUT2D eigenvalue weighted by molar-refractivity contribution is 5.79. The summed E-state index contributed by atoms with van der Waals surface area (Å²) in [5.74, 6) is 0.393. The molecule has 6 nitrogen and oxygen atoms in total. The zero-order valence-electron chi connectivity index (χ0n) is 14.6. The second kappa shape index (κ2) is 8.25. The lowest BCUT2D eigenvalue weighted by Gasteiger charge is -2.28.